The maximum Gasteiger partial charge on any atom is 0.0834 e. The van der Waals surface area contributed by atoms with E-state index in [1.54, 1.807) is 0 Å². The van der Waals surface area contributed by atoms with Crippen LogP contribution >= 0.6 is 11.6 Å². The van der Waals surface area contributed by atoms with E-state index in [0.29, 0.717) is 6.04 Å². The molecule has 18 heavy (non-hydrogen) atoms. The zero-order valence-electron chi connectivity index (χ0n) is 11.4. The molecular weight excluding hydrogens is 246 g/mol. The molecule has 1 unspecified atom stereocenters. The molecule has 1 atom stereocenters. The number of likely N-dealkylation sites (N-methyl/N-ethyl adjacent to an activating group) is 1. The predicted molar refractivity (Wildman–Crippen MR) is 76.3 cm³/mol. The van der Waals surface area contributed by atoms with Crippen molar-refractivity contribution in [1.29, 1.82) is 0 Å². The molecule has 0 aliphatic heterocycles. The fourth-order valence-corrected chi connectivity index (χ4v) is 3.12. The second-order valence-corrected chi connectivity index (χ2v) is 5.67. The molecule has 0 amide bonds. The molecule has 3 heteroatoms. The number of methoxy groups -OCH3 is 1. The van der Waals surface area contributed by atoms with Crippen molar-refractivity contribution in [3.63, 3.8) is 0 Å². The molecule has 1 aliphatic rings. The molecule has 2 rings (SSSR count). The Bertz CT molecular complexity index is 409. The SMILES string of the molecule is CNC(Cc1ccc(C)cc1Cl)C1(OC)CCC1. The van der Waals surface area contributed by atoms with Crippen molar-refractivity contribution in [2.75, 3.05) is 14.2 Å². The summed E-state index contributed by atoms with van der Waals surface area (Å²) in [5.74, 6) is 0. The molecule has 1 aliphatic carbocycles. The van der Waals surface area contributed by atoms with Gasteiger partial charge >= 0.3 is 0 Å². The third kappa shape index (κ3) is 2.56. The van der Waals surface area contributed by atoms with Gasteiger partial charge in [-0.3, -0.25) is 0 Å². The van der Waals surface area contributed by atoms with Gasteiger partial charge in [0.15, 0.2) is 0 Å². The molecule has 0 heterocycles. The monoisotopic (exact) mass is 267 g/mol. The predicted octanol–water partition coefficient (Wildman–Crippen LogP) is 3.35. The van der Waals surface area contributed by atoms with Crippen molar-refractivity contribution >= 4 is 11.6 Å². The lowest BCUT2D eigenvalue weighted by molar-refractivity contribution is -0.0966. The first-order chi connectivity index (χ1) is 8.61. The van der Waals surface area contributed by atoms with Crippen LogP contribution in [-0.4, -0.2) is 25.8 Å². The highest BCUT2D eigenvalue weighted by Gasteiger charge is 2.43. The van der Waals surface area contributed by atoms with Crippen LogP contribution in [0.4, 0.5) is 0 Å². The average molecular weight is 268 g/mol. The number of hydrogen-bond acceptors (Lipinski definition) is 2. The lowest BCUT2D eigenvalue weighted by Gasteiger charge is -2.46. The van der Waals surface area contributed by atoms with Gasteiger partial charge in [0.1, 0.15) is 0 Å². The van der Waals surface area contributed by atoms with E-state index in [2.05, 4.69) is 24.4 Å². The molecule has 0 radical (unpaired) electrons. The van der Waals surface area contributed by atoms with Gasteiger partial charge in [-0.15, -0.1) is 0 Å². The van der Waals surface area contributed by atoms with Gasteiger partial charge in [-0.1, -0.05) is 23.7 Å². The van der Waals surface area contributed by atoms with Gasteiger partial charge in [0.2, 0.25) is 0 Å². The number of hydrogen-bond donors (Lipinski definition) is 1. The van der Waals surface area contributed by atoms with Crippen LogP contribution in [0.25, 0.3) is 0 Å². The normalized spacial score (nSPS) is 19.3. The van der Waals surface area contributed by atoms with Crippen LogP contribution in [0.5, 0.6) is 0 Å². The van der Waals surface area contributed by atoms with Crippen molar-refractivity contribution < 1.29 is 4.74 Å². The summed E-state index contributed by atoms with van der Waals surface area (Å²) < 4.78 is 5.76. The Kier molecular flexibility index (Phi) is 4.31. The van der Waals surface area contributed by atoms with Crippen molar-refractivity contribution in [3.8, 4) is 0 Å². The van der Waals surface area contributed by atoms with E-state index in [9.17, 15) is 0 Å². The zero-order valence-corrected chi connectivity index (χ0v) is 12.2. The smallest absolute Gasteiger partial charge is 0.0834 e. The maximum atomic E-state index is 6.32. The van der Waals surface area contributed by atoms with Crippen LogP contribution in [0.2, 0.25) is 5.02 Å². The van der Waals surface area contributed by atoms with Gasteiger partial charge in [0, 0.05) is 18.2 Å². The Morgan fingerprint density at radius 2 is 2.17 bits per heavy atom. The van der Waals surface area contributed by atoms with Crippen molar-refractivity contribution in [1.82, 2.24) is 5.32 Å². The number of nitrogens with one attached hydrogen (secondary N) is 1. The molecule has 0 aromatic heterocycles. The molecule has 1 aromatic carbocycles. The Morgan fingerprint density at radius 3 is 2.61 bits per heavy atom. The fourth-order valence-electron chi connectivity index (χ4n) is 2.81. The summed E-state index contributed by atoms with van der Waals surface area (Å²) in [6.45, 7) is 2.06. The fraction of sp³-hybridized carbons (Fsp3) is 0.600. The molecule has 0 spiro atoms. The molecule has 1 saturated carbocycles. The third-order valence-corrected chi connectivity index (χ3v) is 4.57. The molecule has 100 valence electrons. The molecule has 0 bridgehead atoms. The van der Waals surface area contributed by atoms with E-state index in [1.165, 1.54) is 17.5 Å². The summed E-state index contributed by atoms with van der Waals surface area (Å²) in [6.07, 6.45) is 4.45. The standard InChI is InChI=1S/C15H22ClNO/c1-11-5-6-12(13(16)9-11)10-14(17-2)15(18-3)7-4-8-15/h5-6,9,14,17H,4,7-8,10H2,1-3H3. The largest absolute Gasteiger partial charge is 0.377 e. The quantitative estimate of drug-likeness (QED) is 0.883. The Labute approximate surface area is 115 Å². The number of halogens is 1. The zero-order chi connectivity index (χ0) is 13.2. The summed E-state index contributed by atoms with van der Waals surface area (Å²) >= 11 is 6.32. The lowest BCUT2D eigenvalue weighted by atomic mass is 9.72. The minimum absolute atomic E-state index is 0.00294. The first-order valence-electron chi connectivity index (χ1n) is 6.59. The topological polar surface area (TPSA) is 21.3 Å². The first kappa shape index (κ1) is 13.9. The van der Waals surface area contributed by atoms with E-state index < -0.39 is 0 Å². The average Bonchev–Trinajstić information content (AvgIpc) is 2.29. The number of aryl methyl sites for hydroxylation is 1. The second kappa shape index (κ2) is 5.60. The molecule has 1 aromatic rings. The van der Waals surface area contributed by atoms with Crippen molar-refractivity contribution in [2.45, 2.75) is 44.2 Å². The van der Waals surface area contributed by atoms with Gasteiger partial charge in [0.05, 0.1) is 5.60 Å². The maximum absolute atomic E-state index is 6.32. The summed E-state index contributed by atoms with van der Waals surface area (Å²) in [5.41, 5.74) is 2.41. The van der Waals surface area contributed by atoms with E-state index in [0.717, 1.165) is 24.3 Å². The van der Waals surface area contributed by atoms with Gasteiger partial charge in [0.25, 0.3) is 0 Å². The molecule has 2 nitrogen and oxygen atoms in total. The van der Waals surface area contributed by atoms with Crippen LogP contribution in [0, 0.1) is 6.92 Å². The van der Waals surface area contributed by atoms with Crippen LogP contribution < -0.4 is 5.32 Å². The lowest BCUT2D eigenvalue weighted by Crippen LogP contribution is -2.56. The van der Waals surface area contributed by atoms with Gasteiger partial charge < -0.3 is 10.1 Å². The number of benzene rings is 1. The molecule has 1 N–H and O–H groups in total. The van der Waals surface area contributed by atoms with Crippen LogP contribution in [0.15, 0.2) is 18.2 Å². The van der Waals surface area contributed by atoms with E-state index in [4.69, 9.17) is 16.3 Å². The summed E-state index contributed by atoms with van der Waals surface area (Å²) in [5, 5.41) is 4.26. The Balaban J connectivity index is 2.15. The van der Waals surface area contributed by atoms with E-state index >= 15 is 0 Å². The number of ether oxygens (including phenoxy) is 1. The molecule has 0 saturated heterocycles. The van der Waals surface area contributed by atoms with Gasteiger partial charge in [-0.25, -0.2) is 0 Å². The minimum Gasteiger partial charge on any atom is -0.377 e. The highest BCUT2D eigenvalue weighted by Crippen LogP contribution is 2.39. The summed E-state index contributed by atoms with van der Waals surface area (Å²) in [7, 11) is 3.83. The van der Waals surface area contributed by atoms with Gasteiger partial charge in [-0.2, -0.15) is 0 Å². The number of rotatable bonds is 5. The molecular formula is C15H22ClNO. The highest BCUT2D eigenvalue weighted by molar-refractivity contribution is 6.31. The third-order valence-electron chi connectivity index (χ3n) is 4.22. The summed E-state index contributed by atoms with van der Waals surface area (Å²) in [4.78, 5) is 0. The van der Waals surface area contributed by atoms with E-state index in [1.807, 2.05) is 20.2 Å². The van der Waals surface area contributed by atoms with Crippen molar-refractivity contribution in [3.05, 3.63) is 34.3 Å². The van der Waals surface area contributed by atoms with Crippen molar-refractivity contribution in [2.24, 2.45) is 0 Å². The van der Waals surface area contributed by atoms with Crippen LogP contribution in [-0.2, 0) is 11.2 Å². The summed E-state index contributed by atoms with van der Waals surface area (Å²) in [6, 6.07) is 6.61. The highest BCUT2D eigenvalue weighted by atomic mass is 35.5. The minimum atomic E-state index is 0.00294. The first-order valence-corrected chi connectivity index (χ1v) is 6.96. The van der Waals surface area contributed by atoms with Gasteiger partial charge in [-0.05, 0) is 56.8 Å². The Hall–Kier alpha value is -0.570. The second-order valence-electron chi connectivity index (χ2n) is 5.26. The van der Waals surface area contributed by atoms with Crippen LogP contribution in [0.3, 0.4) is 0 Å². The van der Waals surface area contributed by atoms with Crippen LogP contribution in [0.1, 0.15) is 30.4 Å². The Morgan fingerprint density at radius 1 is 1.44 bits per heavy atom. The molecule has 1 fully saturated rings. The van der Waals surface area contributed by atoms with E-state index in [-0.39, 0.29) is 5.60 Å².